The Labute approximate surface area is 196 Å². The number of benzene rings is 1. The van der Waals surface area contributed by atoms with Crippen LogP contribution in [0.5, 0.6) is 0 Å². The summed E-state index contributed by atoms with van der Waals surface area (Å²) in [5.74, 6) is 1.10. The van der Waals surface area contributed by atoms with E-state index in [0.29, 0.717) is 11.4 Å². The van der Waals surface area contributed by atoms with Crippen LogP contribution in [-0.4, -0.2) is 52.4 Å². The first-order chi connectivity index (χ1) is 15.6. The molecule has 1 amide bonds. The molecule has 1 fully saturated rings. The third-order valence-corrected chi connectivity index (χ3v) is 7.11. The van der Waals surface area contributed by atoms with Crippen molar-refractivity contribution < 1.29 is 4.79 Å². The zero-order chi connectivity index (χ0) is 22.1. The van der Waals surface area contributed by atoms with Gasteiger partial charge in [-0.05, 0) is 35.8 Å². The van der Waals surface area contributed by atoms with Gasteiger partial charge in [0.25, 0.3) is 0 Å². The Morgan fingerprint density at radius 3 is 2.78 bits per heavy atom. The van der Waals surface area contributed by atoms with Crippen LogP contribution in [0.15, 0.2) is 54.0 Å². The molecule has 0 aliphatic carbocycles. The summed E-state index contributed by atoms with van der Waals surface area (Å²) in [4.78, 5) is 20.5. The van der Waals surface area contributed by atoms with Crippen molar-refractivity contribution in [3.05, 3.63) is 63.9 Å². The minimum absolute atomic E-state index is 0.209. The lowest BCUT2D eigenvalue weighted by Gasteiger charge is -2.33. The summed E-state index contributed by atoms with van der Waals surface area (Å²) in [7, 11) is 2.01. The maximum absolute atomic E-state index is 12.6. The van der Waals surface area contributed by atoms with Crippen LogP contribution in [0.1, 0.15) is 17.7 Å². The molecule has 9 heteroatoms. The van der Waals surface area contributed by atoms with Gasteiger partial charge in [0.1, 0.15) is 13.7 Å². The highest BCUT2D eigenvalue weighted by atomic mass is 35.5. The molecule has 162 valence electrons. The van der Waals surface area contributed by atoms with Gasteiger partial charge in [0.15, 0.2) is 5.65 Å². The van der Waals surface area contributed by atoms with Gasteiger partial charge in [0, 0.05) is 46.9 Å². The standard InChI is InChI=1S/C23H23BClN5OS/c24-18-14-26-30-21(13-20(28-23(18)30)17-5-1-2-6-19(17)25)27-15-7-9-29(10-8-15)22(31)12-16-4-3-11-32-16/h1-6,11,13-15,27H,7-10,12,24H2. The normalized spacial score (nSPS) is 14.7. The van der Waals surface area contributed by atoms with Gasteiger partial charge in [-0.3, -0.25) is 4.79 Å². The Morgan fingerprint density at radius 2 is 2.03 bits per heavy atom. The van der Waals surface area contributed by atoms with Crippen molar-refractivity contribution in [1.82, 2.24) is 19.5 Å². The number of aromatic nitrogens is 3. The summed E-state index contributed by atoms with van der Waals surface area (Å²) in [6, 6.07) is 14.0. The SMILES string of the molecule is Bc1cnn2c(NC3CCN(C(=O)Cc4cccs4)CC3)cc(-c3ccccc3Cl)nc12. The first kappa shape index (κ1) is 21.0. The lowest BCUT2D eigenvalue weighted by atomic mass is 10.0. The Kier molecular flexibility index (Phi) is 5.89. The first-order valence-electron chi connectivity index (χ1n) is 10.8. The van der Waals surface area contributed by atoms with E-state index in [4.69, 9.17) is 16.6 Å². The molecular weight excluding hydrogens is 441 g/mol. The number of piperidine rings is 1. The molecule has 1 aliphatic rings. The molecule has 0 saturated carbocycles. The summed E-state index contributed by atoms with van der Waals surface area (Å²) in [5.41, 5.74) is 3.54. The number of rotatable bonds is 5. The van der Waals surface area contributed by atoms with Gasteiger partial charge < -0.3 is 10.2 Å². The third kappa shape index (κ3) is 4.25. The van der Waals surface area contributed by atoms with Crippen LogP contribution < -0.4 is 10.8 Å². The summed E-state index contributed by atoms with van der Waals surface area (Å²) >= 11 is 8.08. The second-order valence-corrected chi connectivity index (χ2v) is 9.56. The van der Waals surface area contributed by atoms with Crippen molar-refractivity contribution in [3.8, 4) is 11.3 Å². The van der Waals surface area contributed by atoms with Gasteiger partial charge in [-0.15, -0.1) is 11.3 Å². The molecule has 1 aliphatic heterocycles. The van der Waals surface area contributed by atoms with Crippen molar-refractivity contribution in [3.63, 3.8) is 0 Å². The number of amides is 1. The fourth-order valence-electron chi connectivity index (χ4n) is 4.14. The van der Waals surface area contributed by atoms with Gasteiger partial charge in [0.05, 0.1) is 12.1 Å². The number of nitrogens with zero attached hydrogens (tertiary/aromatic N) is 4. The highest BCUT2D eigenvalue weighted by molar-refractivity contribution is 7.10. The molecule has 0 spiro atoms. The monoisotopic (exact) mass is 463 g/mol. The van der Waals surface area contributed by atoms with Gasteiger partial charge in [-0.2, -0.15) is 9.61 Å². The van der Waals surface area contributed by atoms with Crippen LogP contribution in [0.25, 0.3) is 16.9 Å². The molecule has 0 unspecified atom stereocenters. The maximum Gasteiger partial charge on any atom is 0.227 e. The average molecular weight is 464 g/mol. The quantitative estimate of drug-likeness (QED) is 0.462. The largest absolute Gasteiger partial charge is 0.367 e. The molecule has 4 aromatic rings. The maximum atomic E-state index is 12.6. The fourth-order valence-corrected chi connectivity index (χ4v) is 5.07. The van der Waals surface area contributed by atoms with Crippen LogP contribution in [0.4, 0.5) is 5.82 Å². The number of nitrogens with one attached hydrogen (secondary N) is 1. The number of fused-ring (bicyclic) bond motifs is 1. The van der Waals surface area contributed by atoms with Crippen LogP contribution in [0, 0.1) is 0 Å². The van der Waals surface area contributed by atoms with Crippen molar-refractivity contribution in [2.45, 2.75) is 25.3 Å². The Balaban J connectivity index is 1.33. The predicted octanol–water partition coefficient (Wildman–Crippen LogP) is 3.02. The molecule has 1 aromatic carbocycles. The molecular formula is C23H23BClN5OS. The number of hydrogen-bond donors (Lipinski definition) is 1. The summed E-state index contributed by atoms with van der Waals surface area (Å²) < 4.78 is 1.85. The smallest absolute Gasteiger partial charge is 0.227 e. The Morgan fingerprint density at radius 1 is 1.22 bits per heavy atom. The van der Waals surface area contributed by atoms with Gasteiger partial charge in [-0.25, -0.2) is 4.98 Å². The van der Waals surface area contributed by atoms with E-state index in [1.54, 1.807) is 11.3 Å². The molecule has 6 nitrogen and oxygen atoms in total. The Hall–Kier alpha value is -2.84. The summed E-state index contributed by atoms with van der Waals surface area (Å²) in [6.45, 7) is 1.51. The highest BCUT2D eigenvalue weighted by Crippen LogP contribution is 2.29. The van der Waals surface area contributed by atoms with E-state index in [9.17, 15) is 4.79 Å². The molecule has 0 radical (unpaired) electrons. The molecule has 1 saturated heterocycles. The van der Waals surface area contributed by atoms with Gasteiger partial charge >= 0.3 is 0 Å². The van der Waals surface area contributed by atoms with Crippen molar-refractivity contribution in [2.75, 3.05) is 18.4 Å². The fraction of sp³-hybridized carbons (Fsp3) is 0.261. The van der Waals surface area contributed by atoms with E-state index in [0.717, 1.165) is 59.0 Å². The average Bonchev–Trinajstić information content (AvgIpc) is 3.44. The molecule has 5 rings (SSSR count). The lowest BCUT2D eigenvalue weighted by Crippen LogP contribution is -2.43. The minimum atomic E-state index is 0.209. The zero-order valence-corrected chi connectivity index (χ0v) is 19.4. The molecule has 4 heterocycles. The molecule has 0 bridgehead atoms. The Bertz CT molecular complexity index is 1250. The van der Waals surface area contributed by atoms with Gasteiger partial charge in [0.2, 0.25) is 5.91 Å². The van der Waals surface area contributed by atoms with Crippen molar-refractivity contribution >= 4 is 53.6 Å². The summed E-state index contributed by atoms with van der Waals surface area (Å²) in [6.07, 6.45) is 4.10. The number of carbonyl (C=O) groups is 1. The van der Waals surface area contributed by atoms with Crippen LogP contribution in [0.3, 0.4) is 0 Å². The zero-order valence-electron chi connectivity index (χ0n) is 17.8. The number of anilines is 1. The van der Waals surface area contributed by atoms with E-state index in [-0.39, 0.29) is 11.9 Å². The lowest BCUT2D eigenvalue weighted by molar-refractivity contribution is -0.131. The van der Waals surface area contributed by atoms with E-state index >= 15 is 0 Å². The molecule has 0 atom stereocenters. The highest BCUT2D eigenvalue weighted by Gasteiger charge is 2.24. The van der Waals surface area contributed by atoms with E-state index < -0.39 is 0 Å². The molecule has 3 aromatic heterocycles. The number of carbonyl (C=O) groups excluding carboxylic acids is 1. The first-order valence-corrected chi connectivity index (χ1v) is 12.0. The van der Waals surface area contributed by atoms with E-state index in [1.807, 2.05) is 71.3 Å². The van der Waals surface area contributed by atoms with Crippen molar-refractivity contribution in [2.24, 2.45) is 0 Å². The van der Waals surface area contributed by atoms with Crippen LogP contribution >= 0.6 is 22.9 Å². The topological polar surface area (TPSA) is 62.5 Å². The molecule has 1 N–H and O–H groups in total. The second-order valence-electron chi connectivity index (χ2n) is 8.12. The number of hydrogen-bond acceptors (Lipinski definition) is 5. The second kappa shape index (κ2) is 8.96. The van der Waals surface area contributed by atoms with E-state index in [1.165, 1.54) is 0 Å². The summed E-state index contributed by atoms with van der Waals surface area (Å²) in [5, 5.41) is 10.9. The third-order valence-electron chi connectivity index (χ3n) is 5.90. The van der Waals surface area contributed by atoms with E-state index in [2.05, 4.69) is 10.4 Å². The number of likely N-dealkylation sites (tertiary alicyclic amines) is 1. The molecule has 32 heavy (non-hydrogen) atoms. The van der Waals surface area contributed by atoms with Crippen LogP contribution in [-0.2, 0) is 11.2 Å². The van der Waals surface area contributed by atoms with Crippen molar-refractivity contribution in [1.29, 1.82) is 0 Å². The predicted molar refractivity (Wildman–Crippen MR) is 133 cm³/mol. The minimum Gasteiger partial charge on any atom is -0.367 e. The number of halogens is 1. The van der Waals surface area contributed by atoms with Gasteiger partial charge in [-0.1, -0.05) is 35.9 Å². The van der Waals surface area contributed by atoms with Crippen LogP contribution in [0.2, 0.25) is 5.02 Å². The number of thiophene rings is 1.